The van der Waals surface area contributed by atoms with Crippen LogP contribution in [0.15, 0.2) is 11.4 Å². The average molecular weight is 182 g/mol. The van der Waals surface area contributed by atoms with Crippen LogP contribution in [0, 0.1) is 5.92 Å². The van der Waals surface area contributed by atoms with E-state index >= 15 is 0 Å². The van der Waals surface area contributed by atoms with E-state index in [0.717, 1.165) is 11.3 Å². The molecule has 1 heterocycles. The second-order valence-electron chi connectivity index (χ2n) is 3.47. The largest absolute Gasteiger partial charge is 0.294 e. The molecule has 12 heavy (non-hydrogen) atoms. The first kappa shape index (κ1) is 9.46. The van der Waals surface area contributed by atoms with E-state index in [1.165, 1.54) is 5.56 Å². The second-order valence-corrected chi connectivity index (χ2v) is 4.38. The Morgan fingerprint density at radius 3 is 2.67 bits per heavy atom. The van der Waals surface area contributed by atoms with Gasteiger partial charge < -0.3 is 0 Å². The van der Waals surface area contributed by atoms with Crippen LogP contribution in [-0.2, 0) is 6.42 Å². The molecule has 1 nitrogen and oxygen atoms in total. The maximum absolute atomic E-state index is 11.0. The van der Waals surface area contributed by atoms with Crippen molar-refractivity contribution in [3.05, 3.63) is 21.9 Å². The highest BCUT2D eigenvalue weighted by atomic mass is 32.1. The highest BCUT2D eigenvalue weighted by molar-refractivity contribution is 7.12. The van der Waals surface area contributed by atoms with E-state index in [-0.39, 0.29) is 5.78 Å². The van der Waals surface area contributed by atoms with E-state index in [4.69, 9.17) is 0 Å². The number of carbonyl (C=O) groups excluding carboxylic acids is 1. The molecule has 0 saturated carbocycles. The van der Waals surface area contributed by atoms with Crippen LogP contribution in [-0.4, -0.2) is 5.78 Å². The molecule has 0 atom stereocenters. The van der Waals surface area contributed by atoms with Crippen LogP contribution in [0.1, 0.15) is 36.0 Å². The summed E-state index contributed by atoms with van der Waals surface area (Å²) in [5, 5.41) is 2.08. The number of carbonyl (C=O) groups is 1. The van der Waals surface area contributed by atoms with Gasteiger partial charge in [-0.15, -0.1) is 11.3 Å². The lowest BCUT2D eigenvalue weighted by Crippen LogP contribution is -1.92. The smallest absolute Gasteiger partial charge is 0.169 e. The quantitative estimate of drug-likeness (QED) is 0.656. The van der Waals surface area contributed by atoms with Crippen LogP contribution in [0.5, 0.6) is 0 Å². The van der Waals surface area contributed by atoms with Crippen molar-refractivity contribution < 1.29 is 4.79 Å². The van der Waals surface area contributed by atoms with Gasteiger partial charge >= 0.3 is 0 Å². The van der Waals surface area contributed by atoms with Gasteiger partial charge in [-0.3, -0.25) is 4.79 Å². The molecule has 66 valence electrons. The maximum atomic E-state index is 11.0. The lowest BCUT2D eigenvalue weighted by molar-refractivity contribution is 0.102. The Hall–Kier alpha value is -0.630. The molecule has 0 unspecified atom stereocenters. The molecule has 0 aromatic carbocycles. The predicted octanol–water partition coefficient (Wildman–Crippen LogP) is 3.15. The fourth-order valence-corrected chi connectivity index (χ4v) is 1.97. The van der Waals surface area contributed by atoms with Crippen molar-refractivity contribution in [3.63, 3.8) is 0 Å². The first-order valence-electron chi connectivity index (χ1n) is 4.18. The zero-order chi connectivity index (χ0) is 9.14. The average Bonchev–Trinajstić information content (AvgIpc) is 2.34. The van der Waals surface area contributed by atoms with E-state index in [0.29, 0.717) is 5.92 Å². The van der Waals surface area contributed by atoms with E-state index in [2.05, 4.69) is 19.2 Å². The fourth-order valence-electron chi connectivity index (χ4n) is 1.14. The van der Waals surface area contributed by atoms with Gasteiger partial charge in [-0.1, -0.05) is 13.8 Å². The van der Waals surface area contributed by atoms with E-state index < -0.39 is 0 Å². The molecule has 0 saturated heterocycles. The molecule has 0 aliphatic heterocycles. The zero-order valence-corrected chi connectivity index (χ0v) is 8.57. The van der Waals surface area contributed by atoms with Crippen LogP contribution in [0.3, 0.4) is 0 Å². The number of hydrogen-bond acceptors (Lipinski definition) is 2. The molecular formula is C10H14OS. The first-order chi connectivity index (χ1) is 5.59. The molecule has 0 radical (unpaired) electrons. The Bertz CT molecular complexity index is 273. The summed E-state index contributed by atoms with van der Waals surface area (Å²) in [6.45, 7) is 5.99. The molecule has 1 rings (SSSR count). The summed E-state index contributed by atoms with van der Waals surface area (Å²) in [6.07, 6.45) is 1.07. The summed E-state index contributed by atoms with van der Waals surface area (Å²) in [7, 11) is 0. The van der Waals surface area contributed by atoms with Gasteiger partial charge in [0.1, 0.15) is 0 Å². The fraction of sp³-hybridized carbons (Fsp3) is 0.500. The minimum Gasteiger partial charge on any atom is -0.294 e. The first-order valence-corrected chi connectivity index (χ1v) is 5.06. The Morgan fingerprint density at radius 2 is 2.25 bits per heavy atom. The van der Waals surface area contributed by atoms with Crippen LogP contribution in [0.25, 0.3) is 0 Å². The van der Waals surface area contributed by atoms with Gasteiger partial charge in [0.25, 0.3) is 0 Å². The van der Waals surface area contributed by atoms with Crippen molar-refractivity contribution in [3.8, 4) is 0 Å². The molecule has 0 amide bonds. The van der Waals surface area contributed by atoms with Crippen LogP contribution in [0.2, 0.25) is 0 Å². The minimum absolute atomic E-state index is 0.176. The van der Waals surface area contributed by atoms with Gasteiger partial charge in [-0.2, -0.15) is 0 Å². The lowest BCUT2D eigenvalue weighted by Gasteiger charge is -1.99. The van der Waals surface area contributed by atoms with Crippen molar-refractivity contribution in [2.75, 3.05) is 0 Å². The number of rotatable bonds is 3. The molecule has 2 heteroatoms. The van der Waals surface area contributed by atoms with E-state index in [1.807, 2.05) is 6.07 Å². The van der Waals surface area contributed by atoms with Crippen LogP contribution in [0.4, 0.5) is 0 Å². The van der Waals surface area contributed by atoms with E-state index in [1.54, 1.807) is 18.3 Å². The summed E-state index contributed by atoms with van der Waals surface area (Å²) in [6, 6.07) is 2.01. The number of hydrogen-bond donors (Lipinski definition) is 0. The minimum atomic E-state index is 0.176. The zero-order valence-electron chi connectivity index (χ0n) is 7.76. The van der Waals surface area contributed by atoms with Crippen molar-refractivity contribution in [2.24, 2.45) is 5.92 Å². The van der Waals surface area contributed by atoms with Crippen LogP contribution < -0.4 is 0 Å². The summed E-state index contributed by atoms with van der Waals surface area (Å²) in [5.74, 6) is 0.842. The maximum Gasteiger partial charge on any atom is 0.169 e. The summed E-state index contributed by atoms with van der Waals surface area (Å²) < 4.78 is 0. The molecule has 0 bridgehead atoms. The second kappa shape index (κ2) is 3.85. The summed E-state index contributed by atoms with van der Waals surface area (Å²) >= 11 is 1.55. The SMILES string of the molecule is CC(=O)c1cc(CC(C)C)cs1. The van der Waals surface area contributed by atoms with Crippen molar-refractivity contribution in [1.29, 1.82) is 0 Å². The van der Waals surface area contributed by atoms with E-state index in [9.17, 15) is 4.79 Å². The lowest BCUT2D eigenvalue weighted by atomic mass is 10.1. The topological polar surface area (TPSA) is 17.1 Å². The molecule has 1 aromatic heterocycles. The Morgan fingerprint density at radius 1 is 1.58 bits per heavy atom. The predicted molar refractivity (Wildman–Crippen MR) is 52.9 cm³/mol. The standard InChI is InChI=1S/C10H14OS/c1-7(2)4-9-5-10(8(3)11)12-6-9/h5-7H,4H2,1-3H3. The van der Waals surface area contributed by atoms with Gasteiger partial charge in [0.05, 0.1) is 4.88 Å². The third-order valence-electron chi connectivity index (χ3n) is 1.64. The Labute approximate surface area is 77.4 Å². The molecule has 0 aliphatic rings. The van der Waals surface area contributed by atoms with Crippen molar-refractivity contribution >= 4 is 17.1 Å². The third-order valence-corrected chi connectivity index (χ3v) is 2.72. The highest BCUT2D eigenvalue weighted by Crippen LogP contribution is 2.17. The monoisotopic (exact) mass is 182 g/mol. The third kappa shape index (κ3) is 2.45. The van der Waals surface area contributed by atoms with Gasteiger partial charge in [0.15, 0.2) is 5.78 Å². The van der Waals surface area contributed by atoms with Gasteiger partial charge in [-0.25, -0.2) is 0 Å². The number of Topliss-reactive ketones (excluding diaryl/α,β-unsaturated/α-hetero) is 1. The molecular weight excluding hydrogens is 168 g/mol. The van der Waals surface area contributed by atoms with Crippen molar-refractivity contribution in [2.45, 2.75) is 27.2 Å². The summed E-state index contributed by atoms with van der Waals surface area (Å²) in [4.78, 5) is 11.8. The van der Waals surface area contributed by atoms with Gasteiger partial charge in [0, 0.05) is 0 Å². The molecule has 0 aliphatic carbocycles. The highest BCUT2D eigenvalue weighted by Gasteiger charge is 2.04. The molecule has 1 aromatic rings. The molecule has 0 spiro atoms. The van der Waals surface area contributed by atoms with Gasteiger partial charge in [-0.05, 0) is 36.3 Å². The summed E-state index contributed by atoms with van der Waals surface area (Å²) in [5.41, 5.74) is 1.29. The van der Waals surface area contributed by atoms with Crippen LogP contribution >= 0.6 is 11.3 Å². The molecule has 0 fully saturated rings. The normalized spacial score (nSPS) is 10.7. The molecule has 0 N–H and O–H groups in total. The Balaban J connectivity index is 2.71. The van der Waals surface area contributed by atoms with Gasteiger partial charge in [0.2, 0.25) is 0 Å². The number of ketones is 1. The Kier molecular flexibility index (Phi) is 3.04. The number of thiophene rings is 1. The van der Waals surface area contributed by atoms with Crippen molar-refractivity contribution in [1.82, 2.24) is 0 Å².